The van der Waals surface area contributed by atoms with E-state index in [9.17, 15) is 18.0 Å². The fourth-order valence-electron chi connectivity index (χ4n) is 2.29. The molecule has 1 N–H and O–H groups in total. The SMILES string of the molecule is CN(C(=O)Cn1cccc1C(=O)O)C1CCS(=O)(=O)C1. The molecular weight excluding hydrogens is 284 g/mol. The van der Waals surface area contributed by atoms with Gasteiger partial charge in [0.25, 0.3) is 0 Å². The van der Waals surface area contributed by atoms with Gasteiger partial charge in [0.2, 0.25) is 5.91 Å². The second-order valence-electron chi connectivity index (χ2n) is 4.89. The molecule has 110 valence electrons. The van der Waals surface area contributed by atoms with Crippen molar-refractivity contribution in [1.29, 1.82) is 0 Å². The van der Waals surface area contributed by atoms with Crippen LogP contribution in [0.5, 0.6) is 0 Å². The van der Waals surface area contributed by atoms with Gasteiger partial charge in [0.15, 0.2) is 9.84 Å². The maximum atomic E-state index is 12.1. The highest BCUT2D eigenvalue weighted by molar-refractivity contribution is 7.91. The lowest BCUT2D eigenvalue weighted by Crippen LogP contribution is -2.39. The third-order valence-electron chi connectivity index (χ3n) is 3.50. The van der Waals surface area contributed by atoms with Crippen molar-refractivity contribution < 1.29 is 23.1 Å². The van der Waals surface area contributed by atoms with Crippen molar-refractivity contribution in [3.63, 3.8) is 0 Å². The Bertz CT molecular complexity index is 634. The molecule has 0 saturated carbocycles. The number of likely N-dealkylation sites (N-methyl/N-ethyl adjacent to an activating group) is 1. The van der Waals surface area contributed by atoms with Crippen molar-refractivity contribution in [2.24, 2.45) is 0 Å². The summed E-state index contributed by atoms with van der Waals surface area (Å²) >= 11 is 0. The molecule has 7 nitrogen and oxygen atoms in total. The molecule has 0 radical (unpaired) electrons. The van der Waals surface area contributed by atoms with Crippen molar-refractivity contribution in [3.05, 3.63) is 24.0 Å². The first kappa shape index (κ1) is 14.6. The lowest BCUT2D eigenvalue weighted by Gasteiger charge is -2.23. The minimum absolute atomic E-state index is 0.0211. The summed E-state index contributed by atoms with van der Waals surface area (Å²) in [6, 6.07) is 2.64. The van der Waals surface area contributed by atoms with Crippen LogP contribution in [0, 0.1) is 0 Å². The molecule has 1 atom stereocenters. The van der Waals surface area contributed by atoms with Gasteiger partial charge in [0.1, 0.15) is 12.2 Å². The minimum Gasteiger partial charge on any atom is -0.477 e. The Morgan fingerprint density at radius 1 is 1.50 bits per heavy atom. The summed E-state index contributed by atoms with van der Waals surface area (Å²) in [4.78, 5) is 24.5. The van der Waals surface area contributed by atoms with Gasteiger partial charge in [-0.3, -0.25) is 4.79 Å². The highest BCUT2D eigenvalue weighted by atomic mass is 32.2. The summed E-state index contributed by atoms with van der Waals surface area (Å²) in [6.45, 7) is -0.109. The molecular formula is C12H16N2O5S. The maximum absolute atomic E-state index is 12.1. The Morgan fingerprint density at radius 2 is 2.20 bits per heavy atom. The zero-order valence-electron chi connectivity index (χ0n) is 11.0. The molecule has 2 heterocycles. The van der Waals surface area contributed by atoms with Gasteiger partial charge in [-0.15, -0.1) is 0 Å². The molecule has 1 fully saturated rings. The van der Waals surface area contributed by atoms with Gasteiger partial charge in [0, 0.05) is 19.3 Å². The minimum atomic E-state index is -3.05. The fraction of sp³-hybridized carbons (Fsp3) is 0.500. The second-order valence-corrected chi connectivity index (χ2v) is 7.12. The van der Waals surface area contributed by atoms with Gasteiger partial charge in [-0.05, 0) is 18.6 Å². The molecule has 1 aliphatic rings. The lowest BCUT2D eigenvalue weighted by molar-refractivity contribution is -0.132. The van der Waals surface area contributed by atoms with E-state index in [1.807, 2.05) is 0 Å². The molecule has 0 spiro atoms. The van der Waals surface area contributed by atoms with E-state index in [0.717, 1.165) is 0 Å². The molecule has 0 aliphatic carbocycles. The van der Waals surface area contributed by atoms with E-state index in [4.69, 9.17) is 5.11 Å². The number of amides is 1. The smallest absolute Gasteiger partial charge is 0.352 e. The van der Waals surface area contributed by atoms with Crippen LogP contribution in [0.2, 0.25) is 0 Å². The fourth-order valence-corrected chi connectivity index (χ4v) is 4.06. The Labute approximate surface area is 116 Å². The van der Waals surface area contributed by atoms with Gasteiger partial charge in [0.05, 0.1) is 11.5 Å². The van der Waals surface area contributed by atoms with Crippen molar-refractivity contribution >= 4 is 21.7 Å². The lowest BCUT2D eigenvalue weighted by atomic mass is 10.2. The van der Waals surface area contributed by atoms with Crippen LogP contribution in [-0.2, 0) is 21.2 Å². The zero-order chi connectivity index (χ0) is 14.9. The second kappa shape index (κ2) is 5.28. The topological polar surface area (TPSA) is 96.7 Å². The summed E-state index contributed by atoms with van der Waals surface area (Å²) in [5.41, 5.74) is 0.0331. The monoisotopic (exact) mass is 300 g/mol. The zero-order valence-corrected chi connectivity index (χ0v) is 11.8. The normalized spacial score (nSPS) is 20.8. The Morgan fingerprint density at radius 3 is 2.75 bits per heavy atom. The third kappa shape index (κ3) is 3.01. The molecule has 1 aromatic rings. The summed E-state index contributed by atoms with van der Waals surface area (Å²) in [5.74, 6) is -1.33. The number of aromatic carboxylic acids is 1. The number of nitrogens with zero attached hydrogens (tertiary/aromatic N) is 2. The van der Waals surface area contributed by atoms with Crippen molar-refractivity contribution in [2.45, 2.75) is 19.0 Å². The van der Waals surface area contributed by atoms with E-state index in [2.05, 4.69) is 0 Å². The Kier molecular flexibility index (Phi) is 3.85. The van der Waals surface area contributed by atoms with Gasteiger partial charge < -0.3 is 14.6 Å². The third-order valence-corrected chi connectivity index (χ3v) is 5.25. The van der Waals surface area contributed by atoms with E-state index in [1.54, 1.807) is 13.1 Å². The summed E-state index contributed by atoms with van der Waals surface area (Å²) in [5, 5.41) is 8.96. The first-order valence-corrected chi connectivity index (χ1v) is 7.97. The Balaban J connectivity index is 2.05. The number of carboxylic acid groups (broad SMARTS) is 1. The molecule has 0 aromatic carbocycles. The van der Waals surface area contributed by atoms with Crippen molar-refractivity contribution in [1.82, 2.24) is 9.47 Å². The summed E-state index contributed by atoms with van der Waals surface area (Å²) in [7, 11) is -1.50. The van der Waals surface area contributed by atoms with Crippen LogP contribution in [-0.4, -0.2) is 59.5 Å². The quantitative estimate of drug-likeness (QED) is 0.833. The highest BCUT2D eigenvalue weighted by Crippen LogP contribution is 2.17. The molecule has 0 bridgehead atoms. The molecule has 1 saturated heterocycles. The van der Waals surface area contributed by atoms with Crippen molar-refractivity contribution in [3.8, 4) is 0 Å². The Hall–Kier alpha value is -1.83. The number of rotatable bonds is 4. The maximum Gasteiger partial charge on any atom is 0.352 e. The van der Waals surface area contributed by atoms with E-state index >= 15 is 0 Å². The number of sulfone groups is 1. The molecule has 1 aromatic heterocycles. The van der Waals surface area contributed by atoms with Crippen LogP contribution in [0.25, 0.3) is 0 Å². The van der Waals surface area contributed by atoms with E-state index in [1.165, 1.54) is 21.7 Å². The van der Waals surface area contributed by atoms with Crippen LogP contribution < -0.4 is 0 Å². The van der Waals surface area contributed by atoms with Gasteiger partial charge in [-0.1, -0.05) is 0 Å². The first-order valence-electron chi connectivity index (χ1n) is 6.14. The van der Waals surface area contributed by atoms with Crippen LogP contribution in [0.15, 0.2) is 18.3 Å². The molecule has 2 rings (SSSR count). The number of hydrogen-bond acceptors (Lipinski definition) is 4. The van der Waals surface area contributed by atoms with E-state index < -0.39 is 15.8 Å². The van der Waals surface area contributed by atoms with Gasteiger partial charge in [-0.25, -0.2) is 13.2 Å². The number of carbonyl (C=O) groups excluding carboxylic acids is 1. The molecule has 1 unspecified atom stereocenters. The summed E-state index contributed by atoms with van der Waals surface area (Å²) in [6.07, 6.45) is 1.95. The molecule has 1 aliphatic heterocycles. The predicted molar refractivity (Wildman–Crippen MR) is 71.2 cm³/mol. The van der Waals surface area contributed by atoms with Crippen LogP contribution in [0.3, 0.4) is 0 Å². The van der Waals surface area contributed by atoms with E-state index in [0.29, 0.717) is 6.42 Å². The number of hydrogen-bond donors (Lipinski definition) is 1. The average Bonchev–Trinajstić information content (AvgIpc) is 2.94. The van der Waals surface area contributed by atoms with Gasteiger partial charge >= 0.3 is 5.97 Å². The standard InChI is InChI=1S/C12H16N2O5S/c1-13(9-4-6-20(18,19)8-9)11(15)7-14-5-2-3-10(14)12(16)17/h2-3,5,9H,4,6-8H2,1H3,(H,16,17). The molecule has 1 amide bonds. The van der Waals surface area contributed by atoms with Crippen LogP contribution >= 0.6 is 0 Å². The highest BCUT2D eigenvalue weighted by Gasteiger charge is 2.32. The number of carbonyl (C=O) groups is 2. The molecule has 8 heteroatoms. The van der Waals surface area contributed by atoms with Gasteiger partial charge in [-0.2, -0.15) is 0 Å². The largest absolute Gasteiger partial charge is 0.477 e. The van der Waals surface area contributed by atoms with Crippen LogP contribution in [0.4, 0.5) is 0 Å². The van der Waals surface area contributed by atoms with Crippen LogP contribution in [0.1, 0.15) is 16.9 Å². The first-order chi connectivity index (χ1) is 9.30. The average molecular weight is 300 g/mol. The van der Waals surface area contributed by atoms with E-state index in [-0.39, 0.29) is 35.7 Å². The predicted octanol–water partition coefficient (Wildman–Crippen LogP) is -0.168. The summed E-state index contributed by atoms with van der Waals surface area (Å²) < 4.78 is 24.2. The molecule has 20 heavy (non-hydrogen) atoms. The number of aromatic nitrogens is 1. The van der Waals surface area contributed by atoms with Crippen molar-refractivity contribution in [2.75, 3.05) is 18.6 Å². The number of carboxylic acids is 1.